The Balaban J connectivity index is 1.69. The van der Waals surface area contributed by atoms with Gasteiger partial charge in [-0.05, 0) is 18.6 Å². The van der Waals surface area contributed by atoms with E-state index in [9.17, 15) is 13.2 Å². The normalized spacial score (nSPS) is 19.9. The molecule has 7 nitrogen and oxygen atoms in total. The van der Waals surface area contributed by atoms with Crippen molar-refractivity contribution in [3.63, 3.8) is 0 Å². The third kappa shape index (κ3) is 3.16. The van der Waals surface area contributed by atoms with Gasteiger partial charge in [0.25, 0.3) is 0 Å². The molecule has 1 amide bonds. The summed E-state index contributed by atoms with van der Waals surface area (Å²) in [6.45, 7) is 0.290. The van der Waals surface area contributed by atoms with E-state index in [1.54, 1.807) is 35.4 Å². The maximum Gasteiger partial charge on any atom is 0.224 e. The summed E-state index contributed by atoms with van der Waals surface area (Å²) < 4.78 is 24.5. The molecule has 0 aromatic carbocycles. The highest BCUT2D eigenvalue weighted by atomic mass is 32.2. The predicted molar refractivity (Wildman–Crippen MR) is 80.0 cm³/mol. The molecule has 0 bridgehead atoms. The van der Waals surface area contributed by atoms with E-state index in [1.807, 2.05) is 6.07 Å². The minimum Gasteiger partial charge on any atom is -0.352 e. The lowest BCUT2D eigenvalue weighted by Crippen LogP contribution is -2.31. The summed E-state index contributed by atoms with van der Waals surface area (Å²) in [4.78, 5) is 16.4. The number of carbonyl (C=O) groups excluding carboxylic acids is 1. The van der Waals surface area contributed by atoms with Gasteiger partial charge in [0.2, 0.25) is 5.91 Å². The number of pyridine rings is 1. The fraction of sp³-hybridized carbons (Fsp3) is 0.357. The van der Waals surface area contributed by atoms with Gasteiger partial charge in [-0.2, -0.15) is 5.10 Å². The molecule has 22 heavy (non-hydrogen) atoms. The van der Waals surface area contributed by atoms with Crippen LogP contribution in [-0.4, -0.2) is 40.6 Å². The Morgan fingerprint density at radius 3 is 2.91 bits per heavy atom. The monoisotopic (exact) mass is 320 g/mol. The number of hydrogen-bond acceptors (Lipinski definition) is 5. The number of amides is 1. The zero-order chi connectivity index (χ0) is 15.6. The molecule has 1 fully saturated rings. The predicted octanol–water partition coefficient (Wildman–Crippen LogP) is 0.318. The van der Waals surface area contributed by atoms with Gasteiger partial charge in [-0.15, -0.1) is 0 Å². The van der Waals surface area contributed by atoms with E-state index in [1.165, 1.54) is 0 Å². The van der Waals surface area contributed by atoms with Crippen LogP contribution >= 0.6 is 0 Å². The average Bonchev–Trinajstić information content (AvgIpc) is 3.14. The second-order valence-corrected chi connectivity index (χ2v) is 7.48. The van der Waals surface area contributed by atoms with Crippen molar-refractivity contribution in [2.24, 2.45) is 5.92 Å². The van der Waals surface area contributed by atoms with Gasteiger partial charge in [-0.1, -0.05) is 6.07 Å². The van der Waals surface area contributed by atoms with Crippen molar-refractivity contribution in [1.82, 2.24) is 20.1 Å². The fourth-order valence-corrected chi connectivity index (χ4v) is 4.24. The van der Waals surface area contributed by atoms with Crippen molar-refractivity contribution in [3.8, 4) is 5.82 Å². The van der Waals surface area contributed by atoms with E-state index in [0.717, 1.165) is 5.56 Å². The first-order valence-corrected chi connectivity index (χ1v) is 8.79. The van der Waals surface area contributed by atoms with Crippen molar-refractivity contribution < 1.29 is 13.2 Å². The molecule has 0 aliphatic carbocycles. The quantitative estimate of drug-likeness (QED) is 0.875. The van der Waals surface area contributed by atoms with Crippen LogP contribution in [0.5, 0.6) is 0 Å². The molecule has 1 atom stereocenters. The van der Waals surface area contributed by atoms with Gasteiger partial charge in [0, 0.05) is 30.7 Å². The number of nitrogens with zero attached hydrogens (tertiary/aromatic N) is 3. The smallest absolute Gasteiger partial charge is 0.224 e. The molecular formula is C14H16N4O3S. The lowest BCUT2D eigenvalue weighted by atomic mass is 10.1. The van der Waals surface area contributed by atoms with Gasteiger partial charge in [-0.25, -0.2) is 18.1 Å². The summed E-state index contributed by atoms with van der Waals surface area (Å²) in [7, 11) is -3.05. The molecule has 2 aromatic rings. The zero-order valence-electron chi connectivity index (χ0n) is 11.8. The summed E-state index contributed by atoms with van der Waals surface area (Å²) >= 11 is 0. The zero-order valence-corrected chi connectivity index (χ0v) is 12.7. The minimum atomic E-state index is -3.05. The van der Waals surface area contributed by atoms with Crippen molar-refractivity contribution in [3.05, 3.63) is 42.4 Å². The first-order valence-electron chi connectivity index (χ1n) is 6.97. The third-order valence-corrected chi connectivity index (χ3v) is 5.41. The van der Waals surface area contributed by atoms with E-state index in [2.05, 4.69) is 15.4 Å². The molecule has 3 heterocycles. The van der Waals surface area contributed by atoms with Crippen LogP contribution in [-0.2, 0) is 21.2 Å². The molecule has 1 aliphatic heterocycles. The topological polar surface area (TPSA) is 93.9 Å². The number of carbonyl (C=O) groups is 1. The number of hydrogen-bond donors (Lipinski definition) is 1. The van der Waals surface area contributed by atoms with Crippen molar-refractivity contribution in [1.29, 1.82) is 0 Å². The third-order valence-electron chi connectivity index (χ3n) is 3.65. The Hall–Kier alpha value is -2.22. The molecule has 1 aliphatic rings. The summed E-state index contributed by atoms with van der Waals surface area (Å²) in [6.07, 6.45) is 5.48. The molecule has 2 aromatic heterocycles. The Bertz CT molecular complexity index is 771. The van der Waals surface area contributed by atoms with Crippen LogP contribution in [0.3, 0.4) is 0 Å². The van der Waals surface area contributed by atoms with Gasteiger partial charge in [-0.3, -0.25) is 4.79 Å². The van der Waals surface area contributed by atoms with Gasteiger partial charge >= 0.3 is 0 Å². The van der Waals surface area contributed by atoms with Crippen molar-refractivity contribution in [2.75, 3.05) is 11.5 Å². The van der Waals surface area contributed by atoms with Gasteiger partial charge in [0.15, 0.2) is 15.7 Å². The van der Waals surface area contributed by atoms with E-state index in [-0.39, 0.29) is 17.4 Å². The summed E-state index contributed by atoms with van der Waals surface area (Å²) in [5.74, 6) is 0.00649. The molecule has 0 radical (unpaired) electrons. The molecule has 3 rings (SSSR count). The van der Waals surface area contributed by atoms with Crippen LogP contribution in [0.4, 0.5) is 0 Å². The molecule has 1 unspecified atom stereocenters. The summed E-state index contributed by atoms with van der Waals surface area (Å²) in [5, 5.41) is 6.93. The number of nitrogens with one attached hydrogen (secondary N) is 1. The SMILES string of the molecule is O=C(NCc1cccnc1-n1cccn1)C1CCS(=O)(=O)C1. The molecule has 116 valence electrons. The Morgan fingerprint density at radius 2 is 2.23 bits per heavy atom. The standard InChI is InChI=1S/C14H16N4O3S/c19-14(12-4-8-22(20,21)10-12)16-9-11-3-1-5-15-13(11)18-7-2-6-17-18/h1-3,5-7,12H,4,8-10H2,(H,16,19). The molecule has 0 saturated carbocycles. The number of sulfone groups is 1. The number of aromatic nitrogens is 3. The average molecular weight is 320 g/mol. The Morgan fingerprint density at radius 1 is 1.36 bits per heavy atom. The van der Waals surface area contributed by atoms with E-state index in [4.69, 9.17) is 0 Å². The largest absolute Gasteiger partial charge is 0.352 e. The molecule has 8 heteroatoms. The van der Waals surface area contributed by atoms with Gasteiger partial charge in [0.1, 0.15) is 0 Å². The van der Waals surface area contributed by atoms with Crippen LogP contribution in [0, 0.1) is 5.92 Å². The van der Waals surface area contributed by atoms with Gasteiger partial charge < -0.3 is 5.32 Å². The maximum absolute atomic E-state index is 12.1. The second-order valence-electron chi connectivity index (χ2n) is 5.25. The van der Waals surface area contributed by atoms with E-state index >= 15 is 0 Å². The highest BCUT2D eigenvalue weighted by Gasteiger charge is 2.32. The number of rotatable bonds is 4. The van der Waals surface area contributed by atoms with Crippen LogP contribution in [0.15, 0.2) is 36.8 Å². The second kappa shape index (κ2) is 5.88. The van der Waals surface area contributed by atoms with Gasteiger partial charge in [0.05, 0.1) is 17.4 Å². The van der Waals surface area contributed by atoms with Crippen LogP contribution < -0.4 is 5.32 Å². The van der Waals surface area contributed by atoms with E-state index < -0.39 is 15.8 Å². The highest BCUT2D eigenvalue weighted by molar-refractivity contribution is 7.91. The summed E-state index contributed by atoms with van der Waals surface area (Å²) in [6, 6.07) is 5.44. The lowest BCUT2D eigenvalue weighted by molar-refractivity contribution is -0.124. The Labute approximate surface area is 128 Å². The van der Waals surface area contributed by atoms with Crippen LogP contribution in [0.2, 0.25) is 0 Å². The molecular weight excluding hydrogens is 304 g/mol. The minimum absolute atomic E-state index is 0.0577. The lowest BCUT2D eigenvalue weighted by Gasteiger charge is -2.12. The maximum atomic E-state index is 12.1. The first-order chi connectivity index (χ1) is 10.6. The first kappa shape index (κ1) is 14.7. The van der Waals surface area contributed by atoms with Crippen molar-refractivity contribution in [2.45, 2.75) is 13.0 Å². The van der Waals surface area contributed by atoms with Crippen LogP contribution in [0.1, 0.15) is 12.0 Å². The van der Waals surface area contributed by atoms with Crippen molar-refractivity contribution >= 4 is 15.7 Å². The van der Waals surface area contributed by atoms with E-state index in [0.29, 0.717) is 18.8 Å². The molecule has 1 saturated heterocycles. The fourth-order valence-electron chi connectivity index (χ4n) is 2.50. The van der Waals surface area contributed by atoms with Crippen LogP contribution in [0.25, 0.3) is 5.82 Å². The molecule has 1 N–H and O–H groups in total. The molecule has 0 spiro atoms. The highest BCUT2D eigenvalue weighted by Crippen LogP contribution is 2.19. The summed E-state index contributed by atoms with van der Waals surface area (Å²) in [5.41, 5.74) is 0.820. The Kier molecular flexibility index (Phi) is 3.93.